The van der Waals surface area contributed by atoms with Crippen molar-refractivity contribution in [3.8, 4) is 17.2 Å². The number of nitrogens with zero attached hydrogens (tertiary/aromatic N) is 2. The van der Waals surface area contributed by atoms with Crippen LogP contribution >= 0.6 is 0 Å². The lowest BCUT2D eigenvalue weighted by atomic mass is 9.88. The lowest BCUT2D eigenvalue weighted by Crippen LogP contribution is -2.68. The highest BCUT2D eigenvalue weighted by atomic mass is 16.5. The van der Waals surface area contributed by atoms with E-state index in [0.717, 1.165) is 19.3 Å². The highest BCUT2D eigenvalue weighted by molar-refractivity contribution is 6.43. The number of benzene rings is 2. The van der Waals surface area contributed by atoms with Crippen LogP contribution in [0.25, 0.3) is 0 Å². The molecule has 202 valence electrons. The van der Waals surface area contributed by atoms with Crippen LogP contribution in [0.2, 0.25) is 0 Å². The number of ketones is 1. The first-order chi connectivity index (χ1) is 18.4. The van der Waals surface area contributed by atoms with Crippen LogP contribution in [0.5, 0.6) is 17.2 Å². The topological polar surface area (TPSA) is 102 Å². The van der Waals surface area contributed by atoms with E-state index in [1.807, 2.05) is 18.2 Å². The van der Waals surface area contributed by atoms with Crippen LogP contribution in [0.4, 0.5) is 0 Å². The molecule has 0 aromatic heterocycles. The van der Waals surface area contributed by atoms with E-state index in [2.05, 4.69) is 12.1 Å². The number of Topliss-reactive ketones (excluding diaryl/α,β-unsaturated/α-hetero) is 1. The van der Waals surface area contributed by atoms with Crippen LogP contribution in [0.15, 0.2) is 42.5 Å². The maximum Gasteiger partial charge on any atom is 0.296 e. The van der Waals surface area contributed by atoms with E-state index in [0.29, 0.717) is 38.0 Å². The van der Waals surface area contributed by atoms with Crippen molar-refractivity contribution in [2.24, 2.45) is 0 Å². The summed E-state index contributed by atoms with van der Waals surface area (Å²) in [5.41, 5.74) is 1.29. The Hall–Kier alpha value is -3.88. The molecule has 0 N–H and O–H groups in total. The number of amides is 3. The van der Waals surface area contributed by atoms with Gasteiger partial charge in [0.15, 0.2) is 11.5 Å². The molecule has 2 fully saturated rings. The molecule has 0 radical (unpaired) electrons. The molecule has 2 aromatic rings. The second kappa shape index (κ2) is 12.1. The Morgan fingerprint density at radius 1 is 0.842 bits per heavy atom. The molecule has 0 saturated carbocycles. The number of hydrogen-bond donors (Lipinski definition) is 0. The zero-order valence-electron chi connectivity index (χ0n) is 22.1. The largest absolute Gasteiger partial charge is 0.493 e. The molecule has 38 heavy (non-hydrogen) atoms. The molecule has 2 aliphatic heterocycles. The summed E-state index contributed by atoms with van der Waals surface area (Å²) in [4.78, 5) is 55.9. The first kappa shape index (κ1) is 27.2. The van der Waals surface area contributed by atoms with Gasteiger partial charge in [-0.2, -0.15) is 0 Å². The number of aryl methyl sites for hydroxylation is 1. The number of rotatable bonds is 11. The number of methoxy groups -OCH3 is 3. The SMILES string of the molecule is COc1cc(C(=O)C(=O)N2C3CCCC2C(=O)N(CCCCCc2ccccc2)C3=O)cc(OC)c1OC. The van der Waals surface area contributed by atoms with Crippen LogP contribution in [-0.2, 0) is 20.8 Å². The van der Waals surface area contributed by atoms with Crippen LogP contribution in [0.1, 0.15) is 54.4 Å². The Kier molecular flexibility index (Phi) is 8.66. The molecule has 4 rings (SSSR count). The second-order valence-corrected chi connectivity index (χ2v) is 9.54. The third-order valence-corrected chi connectivity index (χ3v) is 7.27. The molecule has 2 heterocycles. The van der Waals surface area contributed by atoms with E-state index in [9.17, 15) is 19.2 Å². The van der Waals surface area contributed by atoms with E-state index >= 15 is 0 Å². The zero-order chi connectivity index (χ0) is 27.2. The number of carbonyl (C=O) groups excluding carboxylic acids is 4. The molecule has 0 aliphatic carbocycles. The quantitative estimate of drug-likeness (QED) is 0.193. The Bertz CT molecular complexity index is 1150. The van der Waals surface area contributed by atoms with Gasteiger partial charge in [-0.3, -0.25) is 24.1 Å². The van der Waals surface area contributed by atoms with Gasteiger partial charge in [0, 0.05) is 12.1 Å². The molecule has 3 amide bonds. The van der Waals surface area contributed by atoms with Gasteiger partial charge in [-0.1, -0.05) is 36.8 Å². The summed E-state index contributed by atoms with van der Waals surface area (Å²) in [5.74, 6) is -1.77. The standard InChI is InChI=1S/C29H34N2O7/c1-36-23-17-20(18-24(37-2)26(23)38-3)25(32)29(35)31-21-14-10-15-22(31)28(34)30(27(21)33)16-9-5-8-13-19-11-6-4-7-12-19/h4,6-7,11-12,17-18,21-22H,5,8-10,13-16H2,1-3H3. The van der Waals surface area contributed by atoms with E-state index < -0.39 is 35.6 Å². The number of piperidine rings is 1. The van der Waals surface area contributed by atoms with Crippen LogP contribution in [0.3, 0.4) is 0 Å². The number of carbonyl (C=O) groups is 4. The molecule has 9 nitrogen and oxygen atoms in total. The van der Waals surface area contributed by atoms with Gasteiger partial charge in [-0.15, -0.1) is 0 Å². The Morgan fingerprint density at radius 2 is 1.45 bits per heavy atom. The summed E-state index contributed by atoms with van der Waals surface area (Å²) in [7, 11) is 4.26. The fourth-order valence-corrected chi connectivity index (χ4v) is 5.33. The van der Waals surface area contributed by atoms with E-state index in [1.165, 1.54) is 48.8 Å². The number of fused-ring (bicyclic) bond motifs is 2. The van der Waals surface area contributed by atoms with E-state index in [1.54, 1.807) is 0 Å². The molecule has 9 heteroatoms. The number of piperazine rings is 1. The highest BCUT2D eigenvalue weighted by Gasteiger charge is 2.51. The van der Waals surface area contributed by atoms with Gasteiger partial charge in [0.1, 0.15) is 12.1 Å². The van der Waals surface area contributed by atoms with Gasteiger partial charge >= 0.3 is 0 Å². The molecule has 0 spiro atoms. The highest BCUT2D eigenvalue weighted by Crippen LogP contribution is 2.39. The predicted molar refractivity (Wildman–Crippen MR) is 139 cm³/mol. The Labute approximate surface area is 222 Å². The van der Waals surface area contributed by atoms with Crippen molar-refractivity contribution in [3.05, 3.63) is 53.6 Å². The van der Waals surface area contributed by atoms with Crippen molar-refractivity contribution in [2.45, 2.75) is 57.0 Å². The van der Waals surface area contributed by atoms with Gasteiger partial charge < -0.3 is 19.1 Å². The number of unbranched alkanes of at least 4 members (excludes halogenated alkanes) is 2. The average molecular weight is 523 g/mol. The summed E-state index contributed by atoms with van der Waals surface area (Å²) in [6.45, 7) is 0.322. The number of hydrogen-bond acceptors (Lipinski definition) is 7. The summed E-state index contributed by atoms with van der Waals surface area (Å²) in [5, 5.41) is 0. The minimum Gasteiger partial charge on any atom is -0.493 e. The third kappa shape index (κ3) is 5.37. The van der Waals surface area contributed by atoms with Crippen molar-refractivity contribution in [3.63, 3.8) is 0 Å². The maximum absolute atomic E-state index is 13.4. The molecule has 2 saturated heterocycles. The van der Waals surface area contributed by atoms with Crippen molar-refractivity contribution < 1.29 is 33.4 Å². The first-order valence-corrected chi connectivity index (χ1v) is 13.0. The lowest BCUT2D eigenvalue weighted by Gasteiger charge is -2.47. The molecular formula is C29H34N2O7. The zero-order valence-corrected chi connectivity index (χ0v) is 22.1. The van der Waals surface area contributed by atoms with E-state index in [4.69, 9.17) is 14.2 Å². The van der Waals surface area contributed by atoms with Crippen molar-refractivity contribution in [2.75, 3.05) is 27.9 Å². The number of likely N-dealkylation sites (tertiary alicyclic amines) is 1. The summed E-state index contributed by atoms with van der Waals surface area (Å²) in [6.07, 6.45) is 4.95. The van der Waals surface area contributed by atoms with E-state index in [-0.39, 0.29) is 17.1 Å². The van der Waals surface area contributed by atoms with Gasteiger partial charge in [0.2, 0.25) is 5.75 Å². The predicted octanol–water partition coefficient (Wildman–Crippen LogP) is 3.43. The molecular weight excluding hydrogens is 488 g/mol. The second-order valence-electron chi connectivity index (χ2n) is 9.54. The number of ether oxygens (including phenoxy) is 3. The van der Waals surface area contributed by atoms with Crippen molar-refractivity contribution in [1.82, 2.24) is 9.80 Å². The molecule has 2 atom stereocenters. The normalized spacial score (nSPS) is 18.8. The minimum absolute atomic E-state index is 0.0308. The molecule has 2 aromatic carbocycles. The fraction of sp³-hybridized carbons (Fsp3) is 0.448. The summed E-state index contributed by atoms with van der Waals surface area (Å²) >= 11 is 0. The van der Waals surface area contributed by atoms with Crippen LogP contribution in [-0.4, -0.2) is 73.3 Å². The third-order valence-electron chi connectivity index (χ3n) is 7.27. The summed E-state index contributed by atoms with van der Waals surface area (Å²) < 4.78 is 15.9. The van der Waals surface area contributed by atoms with Gasteiger partial charge in [0.25, 0.3) is 23.5 Å². The van der Waals surface area contributed by atoms with Gasteiger partial charge in [-0.05, 0) is 56.2 Å². The van der Waals surface area contributed by atoms with Crippen LogP contribution in [0, 0.1) is 0 Å². The average Bonchev–Trinajstić information content (AvgIpc) is 2.96. The lowest BCUT2D eigenvalue weighted by molar-refractivity contribution is -0.168. The first-order valence-electron chi connectivity index (χ1n) is 13.0. The maximum atomic E-state index is 13.4. The van der Waals surface area contributed by atoms with Crippen molar-refractivity contribution in [1.29, 1.82) is 0 Å². The Balaban J connectivity index is 1.45. The fourth-order valence-electron chi connectivity index (χ4n) is 5.33. The number of imide groups is 1. The Morgan fingerprint density at radius 3 is 2.00 bits per heavy atom. The van der Waals surface area contributed by atoms with Gasteiger partial charge in [-0.25, -0.2) is 0 Å². The molecule has 2 bridgehead atoms. The van der Waals surface area contributed by atoms with Gasteiger partial charge in [0.05, 0.1) is 21.3 Å². The summed E-state index contributed by atoms with van der Waals surface area (Å²) in [6, 6.07) is 11.3. The van der Waals surface area contributed by atoms with Crippen molar-refractivity contribution >= 4 is 23.5 Å². The monoisotopic (exact) mass is 522 g/mol. The minimum atomic E-state index is -0.877. The van der Waals surface area contributed by atoms with Crippen LogP contribution < -0.4 is 14.2 Å². The smallest absolute Gasteiger partial charge is 0.296 e. The molecule has 2 unspecified atom stereocenters. The molecule has 2 aliphatic rings.